The summed E-state index contributed by atoms with van der Waals surface area (Å²) in [5.41, 5.74) is 3.97. The maximum absolute atomic E-state index is 6.32. The molecule has 0 aliphatic heterocycles. The van der Waals surface area contributed by atoms with Crippen LogP contribution in [0, 0.1) is 0 Å². The van der Waals surface area contributed by atoms with Crippen LogP contribution < -0.4 is 14.2 Å². The van der Waals surface area contributed by atoms with Gasteiger partial charge in [-0.25, -0.2) is 4.98 Å². The molecular formula is C41H53NO4. The Hall–Kier alpha value is -3.83. The van der Waals surface area contributed by atoms with E-state index in [0.29, 0.717) is 56.1 Å². The molecule has 3 aromatic carbocycles. The predicted octanol–water partition coefficient (Wildman–Crippen LogP) is 11.0. The van der Waals surface area contributed by atoms with Crippen molar-refractivity contribution in [2.45, 2.75) is 110 Å². The molecule has 1 heterocycles. The van der Waals surface area contributed by atoms with Gasteiger partial charge in [-0.05, 0) is 23.1 Å². The molecule has 0 radical (unpaired) electrons. The van der Waals surface area contributed by atoms with Gasteiger partial charge < -0.3 is 18.9 Å². The number of hydrogen-bond donors (Lipinski definition) is 0. The second-order valence-corrected chi connectivity index (χ2v) is 12.0. The first-order chi connectivity index (χ1) is 22.8. The Morgan fingerprint density at radius 3 is 1.43 bits per heavy atom. The van der Waals surface area contributed by atoms with Crippen LogP contribution in [0.25, 0.3) is 0 Å². The Morgan fingerprint density at radius 2 is 0.913 bits per heavy atom. The van der Waals surface area contributed by atoms with Gasteiger partial charge in [0, 0.05) is 6.07 Å². The van der Waals surface area contributed by atoms with Gasteiger partial charge in [0.2, 0.25) is 0 Å². The second kappa shape index (κ2) is 21.8. The number of pyridine rings is 1. The number of ether oxygens (including phenoxy) is 4. The first-order valence-corrected chi connectivity index (χ1v) is 17.4. The molecule has 0 aliphatic carbocycles. The van der Waals surface area contributed by atoms with E-state index in [-0.39, 0.29) is 0 Å². The van der Waals surface area contributed by atoms with Gasteiger partial charge in [-0.15, -0.1) is 0 Å². The van der Waals surface area contributed by atoms with Crippen LogP contribution >= 0.6 is 0 Å². The molecule has 46 heavy (non-hydrogen) atoms. The molecule has 0 fully saturated rings. The highest BCUT2D eigenvalue weighted by Crippen LogP contribution is 2.34. The highest BCUT2D eigenvalue weighted by molar-refractivity contribution is 5.44. The van der Waals surface area contributed by atoms with E-state index in [9.17, 15) is 0 Å². The monoisotopic (exact) mass is 623 g/mol. The van der Waals surface area contributed by atoms with Crippen LogP contribution in [0.15, 0.2) is 97.1 Å². The van der Waals surface area contributed by atoms with Crippen molar-refractivity contribution >= 4 is 0 Å². The standard InChI is InChI=1S/C41H53NO4/c1-2-3-4-5-6-7-8-9-10-11-12-22-29-44-41-40(46-33-37-27-20-15-21-28-37)30-39(45-32-36-25-18-14-19-26-36)38(42-41)34-43-31-35-23-16-13-17-24-35/h13-21,23-28,30H,2-12,22,29,31-34H2,1H3. The number of aromatic nitrogens is 1. The zero-order chi connectivity index (χ0) is 31.9. The zero-order valence-electron chi connectivity index (χ0n) is 27.8. The Labute approximate surface area is 277 Å². The summed E-state index contributed by atoms with van der Waals surface area (Å²) >= 11 is 0. The third-order valence-corrected chi connectivity index (χ3v) is 8.06. The molecule has 0 saturated carbocycles. The third-order valence-electron chi connectivity index (χ3n) is 8.06. The van der Waals surface area contributed by atoms with Gasteiger partial charge >= 0.3 is 0 Å². The first kappa shape index (κ1) is 35.0. The van der Waals surface area contributed by atoms with Crippen LogP contribution in [0.3, 0.4) is 0 Å². The summed E-state index contributed by atoms with van der Waals surface area (Å²) in [4.78, 5) is 4.93. The first-order valence-electron chi connectivity index (χ1n) is 17.4. The molecule has 0 bridgehead atoms. The second-order valence-electron chi connectivity index (χ2n) is 12.0. The molecule has 5 nitrogen and oxygen atoms in total. The maximum Gasteiger partial charge on any atom is 0.257 e. The van der Waals surface area contributed by atoms with Gasteiger partial charge in [0.1, 0.15) is 24.7 Å². The van der Waals surface area contributed by atoms with Crippen molar-refractivity contribution in [1.82, 2.24) is 4.98 Å². The minimum Gasteiger partial charge on any atom is -0.487 e. The van der Waals surface area contributed by atoms with E-state index in [1.807, 2.05) is 60.7 Å². The van der Waals surface area contributed by atoms with Gasteiger partial charge in [-0.2, -0.15) is 0 Å². The quantitative estimate of drug-likeness (QED) is 0.0727. The van der Waals surface area contributed by atoms with Crippen molar-refractivity contribution < 1.29 is 18.9 Å². The van der Waals surface area contributed by atoms with Gasteiger partial charge in [0.25, 0.3) is 5.88 Å². The number of hydrogen-bond acceptors (Lipinski definition) is 5. The van der Waals surface area contributed by atoms with Crippen molar-refractivity contribution in [2.75, 3.05) is 6.61 Å². The van der Waals surface area contributed by atoms with E-state index < -0.39 is 0 Å². The molecule has 246 valence electrons. The summed E-state index contributed by atoms with van der Waals surface area (Å²) in [7, 11) is 0. The van der Waals surface area contributed by atoms with E-state index in [1.54, 1.807) is 0 Å². The van der Waals surface area contributed by atoms with Gasteiger partial charge in [-0.3, -0.25) is 0 Å². The number of benzene rings is 3. The van der Waals surface area contributed by atoms with Crippen molar-refractivity contribution in [3.63, 3.8) is 0 Å². The largest absolute Gasteiger partial charge is 0.487 e. The molecule has 0 N–H and O–H groups in total. The molecule has 0 saturated heterocycles. The van der Waals surface area contributed by atoms with Crippen molar-refractivity contribution in [3.8, 4) is 17.4 Å². The highest BCUT2D eigenvalue weighted by Gasteiger charge is 2.17. The van der Waals surface area contributed by atoms with Gasteiger partial charge in [0.15, 0.2) is 5.75 Å². The van der Waals surface area contributed by atoms with Crippen molar-refractivity contribution in [1.29, 1.82) is 0 Å². The Kier molecular flexibility index (Phi) is 16.6. The summed E-state index contributed by atoms with van der Waals surface area (Å²) < 4.78 is 25.0. The van der Waals surface area contributed by atoms with E-state index in [0.717, 1.165) is 29.5 Å². The molecule has 4 aromatic rings. The topological polar surface area (TPSA) is 49.8 Å². The van der Waals surface area contributed by atoms with E-state index in [1.165, 1.54) is 64.2 Å². The fourth-order valence-corrected chi connectivity index (χ4v) is 5.35. The van der Waals surface area contributed by atoms with Crippen LogP contribution in [0.2, 0.25) is 0 Å². The summed E-state index contributed by atoms with van der Waals surface area (Å²) in [6.07, 6.45) is 15.7. The van der Waals surface area contributed by atoms with Crippen LogP contribution in [-0.2, 0) is 31.2 Å². The van der Waals surface area contributed by atoms with Gasteiger partial charge in [-0.1, -0.05) is 169 Å². The molecule has 4 rings (SSSR count). The fraction of sp³-hybridized carbons (Fsp3) is 0.439. The minimum atomic E-state index is 0.299. The van der Waals surface area contributed by atoms with Crippen LogP contribution in [0.4, 0.5) is 0 Å². The number of unbranched alkanes of at least 4 members (excludes halogenated alkanes) is 11. The molecule has 0 amide bonds. The lowest BCUT2D eigenvalue weighted by Gasteiger charge is -2.17. The predicted molar refractivity (Wildman–Crippen MR) is 187 cm³/mol. The van der Waals surface area contributed by atoms with Crippen molar-refractivity contribution in [3.05, 3.63) is 119 Å². The average molecular weight is 624 g/mol. The smallest absolute Gasteiger partial charge is 0.257 e. The lowest BCUT2D eigenvalue weighted by molar-refractivity contribution is 0.100. The summed E-state index contributed by atoms with van der Waals surface area (Å²) in [5, 5.41) is 0. The number of rotatable bonds is 24. The SMILES string of the molecule is CCCCCCCCCCCCCCOc1nc(COCc2ccccc2)c(OCc2ccccc2)cc1OCc1ccccc1. The molecule has 0 atom stereocenters. The molecule has 0 unspecified atom stereocenters. The minimum absolute atomic E-state index is 0.299. The highest BCUT2D eigenvalue weighted by atomic mass is 16.5. The van der Waals surface area contributed by atoms with E-state index >= 15 is 0 Å². The van der Waals surface area contributed by atoms with Crippen LogP contribution in [0.5, 0.6) is 17.4 Å². The lowest BCUT2D eigenvalue weighted by atomic mass is 10.1. The van der Waals surface area contributed by atoms with Crippen molar-refractivity contribution in [2.24, 2.45) is 0 Å². The molecule has 1 aromatic heterocycles. The zero-order valence-corrected chi connectivity index (χ0v) is 27.8. The molecule has 0 spiro atoms. The molecule has 0 aliphatic rings. The Balaban J connectivity index is 1.36. The van der Waals surface area contributed by atoms with Crippen LogP contribution in [-0.4, -0.2) is 11.6 Å². The fourth-order valence-electron chi connectivity index (χ4n) is 5.35. The summed E-state index contributed by atoms with van der Waals surface area (Å²) in [6, 6.07) is 32.4. The third kappa shape index (κ3) is 13.7. The number of nitrogens with zero attached hydrogens (tertiary/aromatic N) is 1. The summed E-state index contributed by atoms with van der Waals surface area (Å²) in [6.45, 7) is 4.50. The normalized spacial score (nSPS) is 11.0. The van der Waals surface area contributed by atoms with E-state index in [2.05, 4.69) is 43.3 Å². The lowest BCUT2D eigenvalue weighted by Crippen LogP contribution is -2.08. The van der Waals surface area contributed by atoms with Crippen LogP contribution in [0.1, 0.15) is 106 Å². The average Bonchev–Trinajstić information content (AvgIpc) is 3.10. The van der Waals surface area contributed by atoms with E-state index in [4.69, 9.17) is 23.9 Å². The Morgan fingerprint density at radius 1 is 0.457 bits per heavy atom. The maximum atomic E-state index is 6.32. The Bertz CT molecular complexity index is 1330. The molecular weight excluding hydrogens is 570 g/mol. The summed E-state index contributed by atoms with van der Waals surface area (Å²) in [5.74, 6) is 1.71. The van der Waals surface area contributed by atoms with Gasteiger partial charge in [0.05, 0.1) is 19.8 Å². The molecule has 5 heteroatoms.